The summed E-state index contributed by atoms with van der Waals surface area (Å²) in [5.74, 6) is -0.149. The van der Waals surface area contributed by atoms with Crippen molar-refractivity contribution in [3.05, 3.63) is 23.8 Å². The molecule has 0 amide bonds. The van der Waals surface area contributed by atoms with Gasteiger partial charge < -0.3 is 25.0 Å². The summed E-state index contributed by atoms with van der Waals surface area (Å²) in [5, 5.41) is 0. The Bertz CT molecular complexity index is 431. The molecule has 96 valence electrons. The highest BCUT2D eigenvalue weighted by atomic mass is 31.2. The van der Waals surface area contributed by atoms with Gasteiger partial charge in [0, 0.05) is 0 Å². The number of methoxy groups -OCH3 is 2. The van der Waals surface area contributed by atoms with E-state index >= 15 is 0 Å². The van der Waals surface area contributed by atoms with Crippen LogP contribution in [0, 0.1) is 0 Å². The molecule has 0 aliphatic carbocycles. The topological polar surface area (TPSA) is 102 Å². The highest BCUT2D eigenvalue weighted by molar-refractivity contribution is 7.52. The molecule has 0 radical (unpaired) electrons. The fraction of sp³-hybridized carbons (Fsp3) is 0.400. The highest BCUT2D eigenvalue weighted by Gasteiger charge is 2.24. The third-order valence-electron chi connectivity index (χ3n) is 2.32. The zero-order valence-electron chi connectivity index (χ0n) is 9.66. The smallest absolute Gasteiger partial charge is 0.342 e. The van der Waals surface area contributed by atoms with E-state index in [4.69, 9.17) is 25.0 Å². The molecule has 7 heteroatoms. The van der Waals surface area contributed by atoms with Crippen LogP contribution in [-0.4, -0.2) is 29.8 Å². The van der Waals surface area contributed by atoms with Crippen molar-refractivity contribution in [1.29, 1.82) is 0 Å². The molecule has 0 heterocycles. The lowest BCUT2D eigenvalue weighted by Gasteiger charge is -2.14. The minimum absolute atomic E-state index is 0.0740. The fourth-order valence-electron chi connectivity index (χ4n) is 1.37. The van der Waals surface area contributed by atoms with E-state index in [0.29, 0.717) is 17.1 Å². The van der Waals surface area contributed by atoms with Crippen LogP contribution in [0.1, 0.15) is 5.56 Å². The normalized spacial score (nSPS) is 13.2. The second kappa shape index (κ2) is 5.51. The second-order valence-electron chi connectivity index (χ2n) is 3.55. The molecule has 1 atom stereocenters. The zero-order valence-corrected chi connectivity index (χ0v) is 10.6. The molecular formula is C10H16NO5P. The van der Waals surface area contributed by atoms with Gasteiger partial charge in [-0.1, -0.05) is 6.07 Å². The van der Waals surface area contributed by atoms with Gasteiger partial charge in [0.05, 0.1) is 14.2 Å². The van der Waals surface area contributed by atoms with Crippen LogP contribution in [0.25, 0.3) is 0 Å². The first kappa shape index (κ1) is 14.0. The summed E-state index contributed by atoms with van der Waals surface area (Å²) in [6, 6.07) is 5.01. The number of rotatable bonds is 5. The molecule has 0 spiro atoms. The van der Waals surface area contributed by atoms with Crippen molar-refractivity contribution in [3.8, 4) is 11.5 Å². The lowest BCUT2D eigenvalue weighted by atomic mass is 10.1. The molecule has 4 N–H and O–H groups in total. The maximum Gasteiger partial charge on any atom is 0.342 e. The van der Waals surface area contributed by atoms with Crippen LogP contribution in [0.3, 0.4) is 0 Å². The van der Waals surface area contributed by atoms with Crippen molar-refractivity contribution in [2.75, 3.05) is 14.2 Å². The van der Waals surface area contributed by atoms with Gasteiger partial charge in [-0.2, -0.15) is 0 Å². The molecule has 17 heavy (non-hydrogen) atoms. The van der Waals surface area contributed by atoms with Crippen molar-refractivity contribution in [2.24, 2.45) is 5.73 Å². The van der Waals surface area contributed by atoms with Gasteiger partial charge in [-0.15, -0.1) is 0 Å². The van der Waals surface area contributed by atoms with Gasteiger partial charge in [0.1, 0.15) is 5.78 Å². The van der Waals surface area contributed by atoms with Crippen LogP contribution in [-0.2, 0) is 11.0 Å². The number of hydrogen-bond acceptors (Lipinski definition) is 4. The van der Waals surface area contributed by atoms with Crippen molar-refractivity contribution in [3.63, 3.8) is 0 Å². The summed E-state index contributed by atoms with van der Waals surface area (Å²) in [6.45, 7) is 0. The van der Waals surface area contributed by atoms with Crippen LogP contribution < -0.4 is 15.2 Å². The number of benzene rings is 1. The zero-order chi connectivity index (χ0) is 13.1. The fourth-order valence-corrected chi connectivity index (χ4v) is 1.82. The molecular weight excluding hydrogens is 245 g/mol. The van der Waals surface area contributed by atoms with E-state index in [1.165, 1.54) is 14.2 Å². The van der Waals surface area contributed by atoms with Gasteiger partial charge in [-0.3, -0.25) is 4.57 Å². The summed E-state index contributed by atoms with van der Waals surface area (Å²) < 4.78 is 21.1. The Balaban J connectivity index is 2.90. The van der Waals surface area contributed by atoms with E-state index in [2.05, 4.69) is 0 Å². The van der Waals surface area contributed by atoms with Gasteiger partial charge in [0.25, 0.3) is 0 Å². The third-order valence-corrected chi connectivity index (χ3v) is 3.37. The van der Waals surface area contributed by atoms with E-state index < -0.39 is 13.4 Å². The molecule has 0 fully saturated rings. The molecule has 1 unspecified atom stereocenters. The minimum Gasteiger partial charge on any atom is -0.493 e. The summed E-state index contributed by atoms with van der Waals surface area (Å²) in [5.41, 5.74) is 6.09. The first-order valence-electron chi connectivity index (χ1n) is 4.90. The van der Waals surface area contributed by atoms with Crippen LogP contribution in [0.5, 0.6) is 11.5 Å². The van der Waals surface area contributed by atoms with Gasteiger partial charge in [0.15, 0.2) is 11.5 Å². The van der Waals surface area contributed by atoms with E-state index in [0.717, 1.165) is 0 Å². The molecule has 0 aliphatic heterocycles. The van der Waals surface area contributed by atoms with Crippen molar-refractivity contribution >= 4 is 7.60 Å². The molecule has 0 saturated heterocycles. The van der Waals surface area contributed by atoms with Crippen molar-refractivity contribution in [1.82, 2.24) is 0 Å². The predicted molar refractivity (Wildman–Crippen MR) is 63.3 cm³/mol. The van der Waals surface area contributed by atoms with Crippen LogP contribution in [0.2, 0.25) is 0 Å². The average molecular weight is 261 g/mol. The maximum absolute atomic E-state index is 10.9. The molecule has 0 bridgehead atoms. The molecule has 0 aliphatic rings. The largest absolute Gasteiger partial charge is 0.493 e. The van der Waals surface area contributed by atoms with Gasteiger partial charge in [-0.05, 0) is 24.1 Å². The number of nitrogens with two attached hydrogens (primary N) is 1. The molecule has 0 saturated carbocycles. The van der Waals surface area contributed by atoms with E-state index in [9.17, 15) is 4.57 Å². The summed E-state index contributed by atoms with van der Waals surface area (Å²) in [6.07, 6.45) is 0.0740. The van der Waals surface area contributed by atoms with Gasteiger partial charge in [0.2, 0.25) is 0 Å². The third kappa shape index (κ3) is 3.71. The summed E-state index contributed by atoms with van der Waals surface area (Å²) in [4.78, 5) is 17.8. The summed E-state index contributed by atoms with van der Waals surface area (Å²) >= 11 is 0. The molecule has 6 nitrogen and oxygen atoms in total. The number of hydrogen-bond donors (Lipinski definition) is 3. The van der Waals surface area contributed by atoms with Crippen LogP contribution >= 0.6 is 7.60 Å². The quantitative estimate of drug-likeness (QED) is 0.674. The lowest BCUT2D eigenvalue weighted by Crippen LogP contribution is -2.22. The monoisotopic (exact) mass is 261 g/mol. The van der Waals surface area contributed by atoms with E-state index in [1.54, 1.807) is 18.2 Å². The average Bonchev–Trinajstić information content (AvgIpc) is 2.27. The van der Waals surface area contributed by atoms with Crippen LogP contribution in [0.4, 0.5) is 0 Å². The standard InChI is InChI=1S/C10H16NO5P/c1-15-8-4-3-7(5-9(8)16-2)6-10(11)17(12,13)14/h3-5,10H,6,11H2,1-2H3,(H2,12,13,14). The second-order valence-corrected chi connectivity index (χ2v) is 5.39. The molecule has 0 aromatic heterocycles. The predicted octanol–water partition coefficient (Wildman–Crippen LogP) is 0.709. The van der Waals surface area contributed by atoms with Crippen LogP contribution in [0.15, 0.2) is 18.2 Å². The Kier molecular flexibility index (Phi) is 4.54. The van der Waals surface area contributed by atoms with Crippen molar-refractivity contribution < 1.29 is 23.8 Å². The Morgan fingerprint density at radius 3 is 2.35 bits per heavy atom. The Labute approximate surface area is 99.5 Å². The molecule has 1 aromatic rings. The SMILES string of the molecule is COc1ccc(CC(N)P(=O)(O)O)cc1OC. The van der Waals surface area contributed by atoms with Gasteiger partial charge >= 0.3 is 7.60 Å². The minimum atomic E-state index is -4.26. The maximum atomic E-state index is 10.9. The van der Waals surface area contributed by atoms with Gasteiger partial charge in [-0.25, -0.2) is 0 Å². The summed E-state index contributed by atoms with van der Waals surface area (Å²) in [7, 11) is -1.26. The van der Waals surface area contributed by atoms with E-state index in [1.807, 2.05) is 0 Å². The highest BCUT2D eigenvalue weighted by Crippen LogP contribution is 2.40. The Morgan fingerprint density at radius 2 is 1.88 bits per heavy atom. The lowest BCUT2D eigenvalue weighted by molar-refractivity contribution is 0.353. The first-order chi connectivity index (χ1) is 7.88. The van der Waals surface area contributed by atoms with E-state index in [-0.39, 0.29) is 6.42 Å². The molecule has 1 rings (SSSR count). The van der Waals surface area contributed by atoms with Crippen molar-refractivity contribution in [2.45, 2.75) is 12.2 Å². The Hall–Kier alpha value is -1.07. The first-order valence-corrected chi connectivity index (χ1v) is 6.58. The number of ether oxygens (including phenoxy) is 2. The molecule has 1 aromatic carbocycles. The Morgan fingerprint density at radius 1 is 1.29 bits per heavy atom.